The molecule has 0 aliphatic heterocycles. The maximum absolute atomic E-state index is 9.47. The first kappa shape index (κ1) is 21.4. The second-order valence-corrected chi connectivity index (χ2v) is 7.63. The van der Waals surface area contributed by atoms with Gasteiger partial charge in [-0.1, -0.05) is 15.9 Å². The van der Waals surface area contributed by atoms with Gasteiger partial charge in [0.05, 0.1) is 11.8 Å². The van der Waals surface area contributed by atoms with Crippen LogP contribution in [0.15, 0.2) is 21.1 Å². The van der Waals surface area contributed by atoms with Gasteiger partial charge in [-0.2, -0.15) is 0 Å². The van der Waals surface area contributed by atoms with Crippen LogP contribution in [-0.2, 0) is 11.3 Å². The van der Waals surface area contributed by atoms with E-state index in [4.69, 9.17) is 15.9 Å². The molecule has 0 bridgehead atoms. The van der Waals surface area contributed by atoms with E-state index in [2.05, 4.69) is 37.2 Å². The molecule has 0 spiro atoms. The van der Waals surface area contributed by atoms with Gasteiger partial charge in [0.25, 0.3) is 0 Å². The fourth-order valence-corrected chi connectivity index (χ4v) is 3.63. The molecule has 6 nitrogen and oxygen atoms in total. The van der Waals surface area contributed by atoms with Gasteiger partial charge in [-0.3, -0.25) is 0 Å². The number of hydrogen-bond acceptors (Lipinski definition) is 5. The van der Waals surface area contributed by atoms with Gasteiger partial charge in [0, 0.05) is 21.5 Å². The number of aliphatic carboxylic acids is 1. The number of carboxylic acid groups (broad SMARTS) is 1. The summed E-state index contributed by atoms with van der Waals surface area (Å²) >= 11 is 6.93. The highest BCUT2D eigenvalue weighted by atomic mass is 79.9. The predicted molar refractivity (Wildman–Crippen MR) is 101 cm³/mol. The Kier molecular flexibility index (Phi) is 9.22. The number of aliphatic hydroxyl groups excluding tert-OH is 2. The molecule has 2 rings (SSSR count). The minimum atomic E-state index is -1.23. The van der Waals surface area contributed by atoms with Crippen molar-refractivity contribution in [2.45, 2.75) is 57.4 Å². The average Bonchev–Trinajstić information content (AvgIpc) is 2.51. The molecule has 136 valence electrons. The third kappa shape index (κ3) is 7.48. The third-order valence-corrected chi connectivity index (χ3v) is 4.93. The summed E-state index contributed by atoms with van der Waals surface area (Å²) in [5.41, 5.74) is 7.93. The molecule has 1 fully saturated rings. The van der Waals surface area contributed by atoms with Crippen LogP contribution < -0.4 is 11.1 Å². The van der Waals surface area contributed by atoms with E-state index in [0.717, 1.165) is 52.4 Å². The lowest BCUT2D eigenvalue weighted by molar-refractivity contribution is -0.145. The quantitative estimate of drug-likeness (QED) is 0.434. The minimum Gasteiger partial charge on any atom is -0.479 e. The first-order valence-electron chi connectivity index (χ1n) is 7.76. The van der Waals surface area contributed by atoms with Gasteiger partial charge in [-0.15, -0.1) is 0 Å². The number of nitrogens with two attached hydrogens (primary N) is 1. The van der Waals surface area contributed by atoms with Gasteiger partial charge in [-0.05, 0) is 66.2 Å². The van der Waals surface area contributed by atoms with Crippen LogP contribution in [0, 0.1) is 0 Å². The number of halogens is 2. The summed E-state index contributed by atoms with van der Waals surface area (Å²) in [6, 6.07) is 4.49. The first-order chi connectivity index (χ1) is 11.2. The monoisotopic (exact) mass is 466 g/mol. The molecule has 1 aromatic carbocycles. The highest BCUT2D eigenvalue weighted by Crippen LogP contribution is 2.28. The maximum Gasteiger partial charge on any atom is 0.332 e. The molecule has 0 amide bonds. The molecular weight excluding hydrogens is 444 g/mol. The second kappa shape index (κ2) is 10.4. The van der Waals surface area contributed by atoms with Gasteiger partial charge in [0.2, 0.25) is 0 Å². The SMILES string of the molecule is CC(O)C(=O)O.Nc1c(Br)cc(Br)cc1CNC1CCC(O)CC1. The Morgan fingerprint density at radius 1 is 1.33 bits per heavy atom. The van der Waals surface area contributed by atoms with Crippen molar-refractivity contribution in [3.8, 4) is 0 Å². The Bertz CT molecular complexity index is 547. The van der Waals surface area contributed by atoms with Crippen LogP contribution in [0.1, 0.15) is 38.2 Å². The van der Waals surface area contributed by atoms with Gasteiger partial charge in [-0.25, -0.2) is 4.79 Å². The second-order valence-electron chi connectivity index (χ2n) is 5.86. The van der Waals surface area contributed by atoms with Crippen molar-refractivity contribution >= 4 is 43.5 Å². The highest BCUT2D eigenvalue weighted by Gasteiger charge is 2.19. The summed E-state index contributed by atoms with van der Waals surface area (Å²) < 4.78 is 1.95. The normalized spacial score (nSPS) is 21.5. The summed E-state index contributed by atoms with van der Waals surface area (Å²) in [6.07, 6.45) is 2.54. The van der Waals surface area contributed by atoms with Crippen LogP contribution in [0.2, 0.25) is 0 Å². The summed E-state index contributed by atoms with van der Waals surface area (Å²) in [5, 5.41) is 28.8. The smallest absolute Gasteiger partial charge is 0.332 e. The Hall–Kier alpha value is -0.670. The zero-order chi connectivity index (χ0) is 18.3. The lowest BCUT2D eigenvalue weighted by atomic mass is 9.93. The van der Waals surface area contributed by atoms with Crippen molar-refractivity contribution in [2.24, 2.45) is 0 Å². The minimum absolute atomic E-state index is 0.104. The Balaban J connectivity index is 0.000000413. The van der Waals surface area contributed by atoms with Crippen molar-refractivity contribution in [1.29, 1.82) is 0 Å². The Labute approximate surface area is 158 Å². The summed E-state index contributed by atoms with van der Waals surface area (Å²) in [6.45, 7) is 1.97. The molecule has 0 saturated heterocycles. The largest absolute Gasteiger partial charge is 0.479 e. The number of hydrogen-bond donors (Lipinski definition) is 5. The van der Waals surface area contributed by atoms with Crippen LogP contribution in [0.25, 0.3) is 0 Å². The van der Waals surface area contributed by atoms with Gasteiger partial charge in [0.15, 0.2) is 0 Å². The molecule has 6 N–H and O–H groups in total. The third-order valence-electron chi connectivity index (χ3n) is 3.82. The number of rotatable bonds is 4. The summed E-state index contributed by atoms with van der Waals surface area (Å²) in [4.78, 5) is 9.45. The van der Waals surface area contributed by atoms with Crippen molar-refractivity contribution in [3.05, 3.63) is 26.6 Å². The average molecular weight is 468 g/mol. The van der Waals surface area contributed by atoms with Gasteiger partial charge >= 0.3 is 5.97 Å². The molecule has 8 heteroatoms. The standard InChI is InChI=1S/C13H18Br2N2O.C3H6O3/c14-9-5-8(13(16)12(15)6-9)7-17-10-1-3-11(18)4-2-10;1-2(4)3(5)6/h5-6,10-11,17-18H,1-4,7,16H2;2,4H,1H3,(H,5,6). The molecular formula is C16H24Br2N2O4. The van der Waals surface area contributed by atoms with Crippen molar-refractivity contribution in [3.63, 3.8) is 0 Å². The van der Waals surface area contributed by atoms with Crippen LogP contribution in [0.5, 0.6) is 0 Å². The molecule has 0 heterocycles. The number of anilines is 1. The van der Waals surface area contributed by atoms with Crippen molar-refractivity contribution in [2.75, 3.05) is 5.73 Å². The zero-order valence-electron chi connectivity index (χ0n) is 13.5. The number of aliphatic hydroxyl groups is 2. The number of carboxylic acids is 1. The van der Waals surface area contributed by atoms with Crippen LogP contribution in [-0.4, -0.2) is 39.5 Å². The van der Waals surface area contributed by atoms with E-state index in [1.165, 1.54) is 6.92 Å². The molecule has 1 aliphatic carbocycles. The maximum atomic E-state index is 9.47. The van der Waals surface area contributed by atoms with Crippen LogP contribution in [0.3, 0.4) is 0 Å². The topological polar surface area (TPSA) is 116 Å². The van der Waals surface area contributed by atoms with E-state index < -0.39 is 12.1 Å². The molecule has 0 aromatic heterocycles. The lowest BCUT2D eigenvalue weighted by Gasteiger charge is -2.26. The number of carbonyl (C=O) groups is 1. The van der Waals surface area contributed by atoms with E-state index >= 15 is 0 Å². The van der Waals surface area contributed by atoms with E-state index in [-0.39, 0.29) is 6.10 Å². The van der Waals surface area contributed by atoms with Gasteiger partial charge in [0.1, 0.15) is 6.10 Å². The fourth-order valence-electron chi connectivity index (χ4n) is 2.32. The summed E-state index contributed by atoms with van der Waals surface area (Å²) in [5.74, 6) is -1.19. The molecule has 1 aromatic rings. The Morgan fingerprint density at radius 3 is 2.38 bits per heavy atom. The molecule has 0 radical (unpaired) electrons. The van der Waals surface area contributed by atoms with E-state index in [1.54, 1.807) is 0 Å². The molecule has 24 heavy (non-hydrogen) atoms. The molecule has 1 unspecified atom stereocenters. The van der Waals surface area contributed by atoms with Crippen molar-refractivity contribution in [1.82, 2.24) is 5.32 Å². The first-order valence-corrected chi connectivity index (χ1v) is 9.35. The highest BCUT2D eigenvalue weighted by molar-refractivity contribution is 9.11. The molecule has 1 atom stereocenters. The van der Waals surface area contributed by atoms with E-state index in [0.29, 0.717) is 6.04 Å². The van der Waals surface area contributed by atoms with Crippen LogP contribution in [0.4, 0.5) is 5.69 Å². The van der Waals surface area contributed by atoms with Crippen molar-refractivity contribution < 1.29 is 20.1 Å². The zero-order valence-corrected chi connectivity index (χ0v) is 16.7. The number of benzene rings is 1. The molecule has 1 aliphatic rings. The molecule has 1 saturated carbocycles. The van der Waals surface area contributed by atoms with E-state index in [9.17, 15) is 9.90 Å². The Morgan fingerprint density at radius 2 is 1.88 bits per heavy atom. The summed E-state index contributed by atoms with van der Waals surface area (Å²) in [7, 11) is 0. The number of nitrogens with one attached hydrogen (secondary N) is 1. The van der Waals surface area contributed by atoms with E-state index in [1.807, 2.05) is 12.1 Å². The number of nitrogen functional groups attached to an aromatic ring is 1. The lowest BCUT2D eigenvalue weighted by Crippen LogP contribution is -2.34. The van der Waals surface area contributed by atoms with Crippen LogP contribution >= 0.6 is 31.9 Å². The van der Waals surface area contributed by atoms with Gasteiger partial charge < -0.3 is 26.4 Å². The predicted octanol–water partition coefficient (Wildman–Crippen LogP) is 2.64. The fraction of sp³-hybridized carbons (Fsp3) is 0.562.